The fourth-order valence-corrected chi connectivity index (χ4v) is 2.10. The van der Waals surface area contributed by atoms with Crippen LogP contribution < -0.4 is 16.0 Å². The summed E-state index contributed by atoms with van der Waals surface area (Å²) in [4.78, 5) is 12.0. The monoisotopic (exact) mass is 287 g/mol. The van der Waals surface area contributed by atoms with E-state index in [1.54, 1.807) is 6.07 Å². The molecule has 0 radical (unpaired) electrons. The summed E-state index contributed by atoms with van der Waals surface area (Å²) < 4.78 is 7.13. The van der Waals surface area contributed by atoms with Crippen LogP contribution in [-0.2, 0) is 13.1 Å². The van der Waals surface area contributed by atoms with Crippen molar-refractivity contribution < 1.29 is 4.74 Å². The molecule has 5 nitrogen and oxygen atoms in total. The molecule has 0 atom stereocenters. The van der Waals surface area contributed by atoms with Crippen molar-refractivity contribution in [2.75, 3.05) is 0 Å². The van der Waals surface area contributed by atoms with Crippen molar-refractivity contribution >= 4 is 0 Å². The minimum Gasteiger partial charge on any atom is -0.491 e. The molecule has 0 aliphatic carbocycles. The maximum absolute atomic E-state index is 12.0. The molecule has 0 bridgehead atoms. The van der Waals surface area contributed by atoms with Crippen molar-refractivity contribution in [1.29, 1.82) is 0 Å². The highest BCUT2D eigenvalue weighted by molar-refractivity contribution is 5.61. The molecule has 0 spiro atoms. The maximum atomic E-state index is 12.0. The Bertz CT molecular complexity index is 649. The van der Waals surface area contributed by atoms with Gasteiger partial charge in [-0.3, -0.25) is 4.79 Å². The van der Waals surface area contributed by atoms with Crippen LogP contribution >= 0.6 is 0 Å². The Kier molecular flexibility index (Phi) is 4.75. The molecule has 2 N–H and O–H groups in total. The van der Waals surface area contributed by atoms with Gasteiger partial charge in [-0.05, 0) is 39.0 Å². The molecule has 5 heteroatoms. The summed E-state index contributed by atoms with van der Waals surface area (Å²) in [7, 11) is 0. The number of aryl methyl sites for hydroxylation is 1. The van der Waals surface area contributed by atoms with Crippen LogP contribution in [0.15, 0.2) is 35.1 Å². The quantitative estimate of drug-likeness (QED) is 0.915. The summed E-state index contributed by atoms with van der Waals surface area (Å²) in [5.74, 6) is 0.785. The summed E-state index contributed by atoms with van der Waals surface area (Å²) in [6.07, 6.45) is 0.109. The molecule has 2 aromatic rings. The summed E-state index contributed by atoms with van der Waals surface area (Å²) in [5.41, 5.74) is 7.73. The summed E-state index contributed by atoms with van der Waals surface area (Å²) in [6.45, 7) is 6.57. The lowest BCUT2D eigenvalue weighted by Gasteiger charge is -2.12. The van der Waals surface area contributed by atoms with Crippen molar-refractivity contribution in [2.24, 2.45) is 5.73 Å². The predicted molar refractivity (Wildman–Crippen MR) is 83.3 cm³/mol. The van der Waals surface area contributed by atoms with E-state index in [0.717, 1.165) is 17.0 Å². The highest BCUT2D eigenvalue weighted by Gasteiger charge is 2.09. The van der Waals surface area contributed by atoms with Gasteiger partial charge < -0.3 is 10.5 Å². The first kappa shape index (κ1) is 15.3. The van der Waals surface area contributed by atoms with Crippen LogP contribution in [0.5, 0.6) is 5.75 Å². The summed E-state index contributed by atoms with van der Waals surface area (Å²) >= 11 is 0. The standard InChI is InChI=1S/C16H21N3O2/c1-4-19-16(20)13(10-17)9-15(18-19)12-6-5-7-14(8-12)21-11(2)3/h5-9,11H,4,10,17H2,1-3H3. The zero-order chi connectivity index (χ0) is 15.4. The average Bonchev–Trinajstić information content (AvgIpc) is 2.47. The average molecular weight is 287 g/mol. The molecule has 1 aromatic heterocycles. The SMILES string of the molecule is CCn1nc(-c2cccc(OC(C)C)c2)cc(CN)c1=O. The van der Waals surface area contributed by atoms with Crippen LogP contribution in [0.1, 0.15) is 26.3 Å². The van der Waals surface area contributed by atoms with Gasteiger partial charge >= 0.3 is 0 Å². The van der Waals surface area contributed by atoms with Crippen LogP contribution in [0.25, 0.3) is 11.3 Å². The topological polar surface area (TPSA) is 70.1 Å². The Morgan fingerprint density at radius 1 is 1.33 bits per heavy atom. The van der Waals surface area contributed by atoms with Gasteiger partial charge in [-0.15, -0.1) is 0 Å². The van der Waals surface area contributed by atoms with Gasteiger partial charge in [-0.25, -0.2) is 4.68 Å². The Labute approximate surface area is 124 Å². The third-order valence-electron chi connectivity index (χ3n) is 3.07. The van der Waals surface area contributed by atoms with Gasteiger partial charge in [0, 0.05) is 24.2 Å². The second kappa shape index (κ2) is 6.54. The van der Waals surface area contributed by atoms with Crippen LogP contribution in [-0.4, -0.2) is 15.9 Å². The number of aromatic nitrogens is 2. The van der Waals surface area contributed by atoms with Crippen molar-refractivity contribution in [3.8, 4) is 17.0 Å². The predicted octanol–water partition coefficient (Wildman–Crippen LogP) is 2.18. The van der Waals surface area contributed by atoms with Gasteiger partial charge in [-0.2, -0.15) is 5.10 Å². The highest BCUT2D eigenvalue weighted by atomic mass is 16.5. The zero-order valence-electron chi connectivity index (χ0n) is 12.7. The van der Waals surface area contributed by atoms with Crippen molar-refractivity contribution in [3.63, 3.8) is 0 Å². The Morgan fingerprint density at radius 3 is 2.71 bits per heavy atom. The second-order valence-corrected chi connectivity index (χ2v) is 5.07. The van der Waals surface area contributed by atoms with Crippen LogP contribution in [0.3, 0.4) is 0 Å². The zero-order valence-corrected chi connectivity index (χ0v) is 12.7. The molecule has 1 heterocycles. The molecule has 0 saturated carbocycles. The molecule has 0 amide bonds. The van der Waals surface area contributed by atoms with Gasteiger partial charge in [0.2, 0.25) is 0 Å². The molecule has 21 heavy (non-hydrogen) atoms. The molecule has 0 saturated heterocycles. The third-order valence-corrected chi connectivity index (χ3v) is 3.07. The number of ether oxygens (including phenoxy) is 1. The highest BCUT2D eigenvalue weighted by Crippen LogP contribution is 2.23. The third kappa shape index (κ3) is 3.49. The minimum atomic E-state index is -0.127. The first-order valence-corrected chi connectivity index (χ1v) is 7.13. The largest absolute Gasteiger partial charge is 0.491 e. The Hall–Kier alpha value is -2.14. The molecule has 1 aromatic carbocycles. The van der Waals surface area contributed by atoms with Crippen LogP contribution in [0.4, 0.5) is 0 Å². The Balaban J connectivity index is 2.48. The molecule has 2 rings (SSSR count). The smallest absolute Gasteiger partial charge is 0.271 e. The molecular weight excluding hydrogens is 266 g/mol. The van der Waals surface area contributed by atoms with Crippen molar-refractivity contribution in [3.05, 3.63) is 46.2 Å². The normalized spacial score (nSPS) is 10.9. The maximum Gasteiger partial charge on any atom is 0.271 e. The molecule has 0 fully saturated rings. The van der Waals surface area contributed by atoms with Crippen molar-refractivity contribution in [2.45, 2.75) is 40.0 Å². The second-order valence-electron chi connectivity index (χ2n) is 5.07. The lowest BCUT2D eigenvalue weighted by molar-refractivity contribution is 0.242. The number of rotatable bonds is 5. The lowest BCUT2D eigenvalue weighted by Crippen LogP contribution is -2.27. The van der Waals surface area contributed by atoms with E-state index in [-0.39, 0.29) is 18.2 Å². The van der Waals surface area contributed by atoms with E-state index in [4.69, 9.17) is 10.5 Å². The van der Waals surface area contributed by atoms with Gasteiger partial charge in [0.05, 0.1) is 11.8 Å². The molecule has 0 unspecified atom stereocenters. The summed E-state index contributed by atoms with van der Waals surface area (Å²) in [5, 5.41) is 4.38. The lowest BCUT2D eigenvalue weighted by atomic mass is 10.1. The molecule has 0 aliphatic heterocycles. The van der Waals surface area contributed by atoms with E-state index in [9.17, 15) is 4.79 Å². The van der Waals surface area contributed by atoms with E-state index >= 15 is 0 Å². The molecular formula is C16H21N3O2. The number of hydrogen-bond donors (Lipinski definition) is 1. The molecule has 112 valence electrons. The molecule has 0 aliphatic rings. The van der Waals surface area contributed by atoms with E-state index in [2.05, 4.69) is 5.10 Å². The van der Waals surface area contributed by atoms with Crippen LogP contribution in [0, 0.1) is 0 Å². The number of hydrogen-bond acceptors (Lipinski definition) is 4. The van der Waals surface area contributed by atoms with Crippen LogP contribution in [0.2, 0.25) is 0 Å². The fraction of sp³-hybridized carbons (Fsp3) is 0.375. The van der Waals surface area contributed by atoms with Gasteiger partial charge in [0.25, 0.3) is 5.56 Å². The number of nitrogens with two attached hydrogens (primary N) is 1. The van der Waals surface area contributed by atoms with E-state index < -0.39 is 0 Å². The minimum absolute atomic E-state index is 0.109. The number of benzene rings is 1. The fourth-order valence-electron chi connectivity index (χ4n) is 2.10. The Morgan fingerprint density at radius 2 is 2.10 bits per heavy atom. The van der Waals surface area contributed by atoms with Gasteiger partial charge in [-0.1, -0.05) is 12.1 Å². The van der Waals surface area contributed by atoms with Crippen molar-refractivity contribution in [1.82, 2.24) is 9.78 Å². The van der Waals surface area contributed by atoms with E-state index in [0.29, 0.717) is 12.1 Å². The number of nitrogens with zero attached hydrogens (tertiary/aromatic N) is 2. The first-order valence-electron chi connectivity index (χ1n) is 7.13. The van der Waals surface area contributed by atoms with Gasteiger partial charge in [0.1, 0.15) is 5.75 Å². The van der Waals surface area contributed by atoms with Gasteiger partial charge in [0.15, 0.2) is 0 Å². The summed E-state index contributed by atoms with van der Waals surface area (Å²) in [6, 6.07) is 9.44. The van der Waals surface area contributed by atoms with E-state index in [1.165, 1.54) is 4.68 Å². The van der Waals surface area contributed by atoms with E-state index in [1.807, 2.05) is 45.0 Å². The first-order chi connectivity index (χ1) is 10.0.